The van der Waals surface area contributed by atoms with Crippen molar-refractivity contribution in [1.29, 1.82) is 0 Å². The summed E-state index contributed by atoms with van der Waals surface area (Å²) in [5.74, 6) is 0.0649. The maximum atomic E-state index is 12.1. The SMILES string of the molecule is CCOc1ccc(C(=O)NC(=S)Nc2cc(Cl)cc(Cl)c2O)cc1. The molecule has 2 aromatic carbocycles. The number of aromatic hydroxyl groups is 1. The molecule has 0 aliphatic heterocycles. The van der Waals surface area contributed by atoms with Crippen LogP contribution >= 0.6 is 35.4 Å². The second-order valence-corrected chi connectivity index (χ2v) is 5.90. The molecule has 0 aliphatic rings. The molecule has 0 bridgehead atoms. The summed E-state index contributed by atoms with van der Waals surface area (Å²) in [6.45, 7) is 2.42. The first-order valence-electron chi connectivity index (χ1n) is 6.94. The molecule has 126 valence electrons. The second-order valence-electron chi connectivity index (χ2n) is 4.65. The molecular weight excluding hydrogens is 371 g/mol. The number of halogens is 2. The van der Waals surface area contributed by atoms with Gasteiger partial charge in [0.15, 0.2) is 10.9 Å². The number of anilines is 1. The standard InChI is InChI=1S/C16H14Cl2N2O3S/c1-2-23-11-5-3-9(4-6-11)15(22)20-16(24)19-13-8-10(17)7-12(18)14(13)21/h3-8,21H,2H2,1H3,(H2,19,20,22,24). The lowest BCUT2D eigenvalue weighted by Crippen LogP contribution is -2.34. The zero-order chi connectivity index (χ0) is 17.7. The quantitative estimate of drug-likeness (QED) is 0.543. The number of phenols is 1. The fourth-order valence-corrected chi connectivity index (χ4v) is 2.56. The van der Waals surface area contributed by atoms with Crippen LogP contribution in [0, 0.1) is 0 Å². The first-order chi connectivity index (χ1) is 11.4. The van der Waals surface area contributed by atoms with Crippen molar-refractivity contribution in [2.24, 2.45) is 0 Å². The highest BCUT2D eigenvalue weighted by molar-refractivity contribution is 7.80. The molecular formula is C16H14Cl2N2O3S. The Kier molecular flexibility index (Phi) is 6.25. The minimum atomic E-state index is -0.400. The highest BCUT2D eigenvalue weighted by Gasteiger charge is 2.12. The number of benzene rings is 2. The molecule has 8 heteroatoms. The molecule has 0 atom stereocenters. The van der Waals surface area contributed by atoms with Crippen molar-refractivity contribution in [2.75, 3.05) is 11.9 Å². The lowest BCUT2D eigenvalue weighted by atomic mass is 10.2. The highest BCUT2D eigenvalue weighted by atomic mass is 35.5. The van der Waals surface area contributed by atoms with E-state index in [1.165, 1.54) is 12.1 Å². The largest absolute Gasteiger partial charge is 0.504 e. The predicted octanol–water partition coefficient (Wildman–Crippen LogP) is 4.22. The van der Waals surface area contributed by atoms with Crippen LogP contribution in [0.3, 0.4) is 0 Å². The molecule has 2 rings (SSSR count). The lowest BCUT2D eigenvalue weighted by Gasteiger charge is -2.12. The van der Waals surface area contributed by atoms with Gasteiger partial charge in [0.2, 0.25) is 0 Å². The zero-order valence-corrected chi connectivity index (χ0v) is 14.9. The third-order valence-electron chi connectivity index (χ3n) is 2.93. The Morgan fingerprint density at radius 1 is 1.25 bits per heavy atom. The number of carbonyl (C=O) groups is 1. The monoisotopic (exact) mass is 384 g/mol. The molecule has 0 spiro atoms. The van der Waals surface area contributed by atoms with Gasteiger partial charge in [0.25, 0.3) is 5.91 Å². The summed E-state index contributed by atoms with van der Waals surface area (Å²) in [5, 5.41) is 15.4. The average molecular weight is 385 g/mol. The van der Waals surface area contributed by atoms with Crippen LogP contribution in [-0.2, 0) is 0 Å². The summed E-state index contributed by atoms with van der Waals surface area (Å²) in [6, 6.07) is 9.46. The van der Waals surface area contributed by atoms with Crippen molar-refractivity contribution in [2.45, 2.75) is 6.92 Å². The van der Waals surface area contributed by atoms with E-state index in [4.69, 9.17) is 40.2 Å². The molecule has 0 unspecified atom stereocenters. The molecule has 24 heavy (non-hydrogen) atoms. The van der Waals surface area contributed by atoms with Crippen molar-refractivity contribution >= 4 is 52.1 Å². The molecule has 3 N–H and O–H groups in total. The summed E-state index contributed by atoms with van der Waals surface area (Å²) in [6.07, 6.45) is 0. The van der Waals surface area contributed by atoms with Gasteiger partial charge in [0, 0.05) is 10.6 Å². The Bertz CT molecular complexity index is 767. The summed E-state index contributed by atoms with van der Waals surface area (Å²) >= 11 is 16.8. The molecule has 0 saturated carbocycles. The molecule has 1 amide bonds. The van der Waals surface area contributed by atoms with E-state index < -0.39 is 5.91 Å². The van der Waals surface area contributed by atoms with Gasteiger partial charge in [-0.25, -0.2) is 0 Å². The average Bonchev–Trinajstić information content (AvgIpc) is 2.53. The Labute approximate surface area is 154 Å². The third kappa shape index (κ3) is 4.74. The Balaban J connectivity index is 2.03. The fraction of sp³-hybridized carbons (Fsp3) is 0.125. The minimum Gasteiger partial charge on any atom is -0.504 e. The van der Waals surface area contributed by atoms with Gasteiger partial charge in [-0.1, -0.05) is 23.2 Å². The molecule has 0 aliphatic carbocycles. The van der Waals surface area contributed by atoms with E-state index in [-0.39, 0.29) is 21.6 Å². The number of phenolic OH excluding ortho intramolecular Hbond substituents is 1. The van der Waals surface area contributed by atoms with Gasteiger partial charge in [0.05, 0.1) is 17.3 Å². The molecule has 0 aromatic heterocycles. The topological polar surface area (TPSA) is 70.6 Å². The minimum absolute atomic E-state index is 0.00233. The first-order valence-corrected chi connectivity index (χ1v) is 8.10. The van der Waals surface area contributed by atoms with E-state index in [2.05, 4.69) is 10.6 Å². The smallest absolute Gasteiger partial charge is 0.257 e. The van der Waals surface area contributed by atoms with Gasteiger partial charge in [-0.3, -0.25) is 10.1 Å². The van der Waals surface area contributed by atoms with E-state index in [0.29, 0.717) is 22.9 Å². The van der Waals surface area contributed by atoms with Gasteiger partial charge < -0.3 is 15.2 Å². The van der Waals surface area contributed by atoms with Crippen LogP contribution in [0.2, 0.25) is 10.0 Å². The van der Waals surface area contributed by atoms with Crippen molar-refractivity contribution in [3.63, 3.8) is 0 Å². The fourth-order valence-electron chi connectivity index (χ4n) is 1.86. The predicted molar refractivity (Wildman–Crippen MR) is 99.4 cm³/mol. The summed E-state index contributed by atoms with van der Waals surface area (Å²) < 4.78 is 5.31. The molecule has 2 aromatic rings. The Morgan fingerprint density at radius 3 is 2.54 bits per heavy atom. The van der Waals surface area contributed by atoms with Crippen LogP contribution in [0.4, 0.5) is 5.69 Å². The Morgan fingerprint density at radius 2 is 1.92 bits per heavy atom. The Hall–Kier alpha value is -2.02. The maximum absolute atomic E-state index is 12.1. The second kappa shape index (κ2) is 8.19. The zero-order valence-electron chi connectivity index (χ0n) is 12.6. The van der Waals surface area contributed by atoms with Gasteiger partial charge in [-0.2, -0.15) is 0 Å². The number of rotatable bonds is 4. The van der Waals surface area contributed by atoms with Crippen molar-refractivity contribution in [3.8, 4) is 11.5 Å². The van der Waals surface area contributed by atoms with Crippen LogP contribution in [-0.4, -0.2) is 22.7 Å². The van der Waals surface area contributed by atoms with Gasteiger partial charge in [0.1, 0.15) is 5.75 Å². The normalized spacial score (nSPS) is 10.1. The van der Waals surface area contributed by atoms with Gasteiger partial charge in [-0.15, -0.1) is 0 Å². The van der Waals surface area contributed by atoms with E-state index >= 15 is 0 Å². The van der Waals surface area contributed by atoms with E-state index in [1.54, 1.807) is 24.3 Å². The van der Waals surface area contributed by atoms with Crippen LogP contribution in [0.15, 0.2) is 36.4 Å². The number of nitrogens with one attached hydrogen (secondary N) is 2. The number of ether oxygens (including phenoxy) is 1. The number of thiocarbonyl (C=S) groups is 1. The molecule has 0 saturated heterocycles. The molecule has 0 radical (unpaired) electrons. The van der Waals surface area contributed by atoms with Crippen LogP contribution in [0.1, 0.15) is 17.3 Å². The molecule has 0 heterocycles. The van der Waals surface area contributed by atoms with E-state index in [9.17, 15) is 9.90 Å². The van der Waals surface area contributed by atoms with Gasteiger partial charge >= 0.3 is 0 Å². The summed E-state index contributed by atoms with van der Waals surface area (Å²) in [5.41, 5.74) is 0.612. The van der Waals surface area contributed by atoms with E-state index in [1.807, 2.05) is 6.92 Å². The summed E-state index contributed by atoms with van der Waals surface area (Å²) in [4.78, 5) is 12.1. The lowest BCUT2D eigenvalue weighted by molar-refractivity contribution is 0.0977. The molecule has 0 fully saturated rings. The highest BCUT2D eigenvalue weighted by Crippen LogP contribution is 2.34. The van der Waals surface area contributed by atoms with Crippen molar-refractivity contribution < 1.29 is 14.6 Å². The first kappa shape index (κ1) is 18.3. The van der Waals surface area contributed by atoms with Gasteiger partial charge in [-0.05, 0) is 55.5 Å². The van der Waals surface area contributed by atoms with E-state index in [0.717, 1.165) is 0 Å². The summed E-state index contributed by atoms with van der Waals surface area (Å²) in [7, 11) is 0. The molecule has 5 nitrogen and oxygen atoms in total. The number of hydrogen-bond acceptors (Lipinski definition) is 4. The van der Waals surface area contributed by atoms with Crippen LogP contribution in [0.25, 0.3) is 0 Å². The van der Waals surface area contributed by atoms with Crippen LogP contribution < -0.4 is 15.4 Å². The number of carbonyl (C=O) groups excluding carboxylic acids is 1. The number of amides is 1. The van der Waals surface area contributed by atoms with Crippen molar-refractivity contribution in [1.82, 2.24) is 5.32 Å². The number of hydrogen-bond donors (Lipinski definition) is 3. The third-order valence-corrected chi connectivity index (χ3v) is 3.64. The van der Waals surface area contributed by atoms with Crippen LogP contribution in [0.5, 0.6) is 11.5 Å². The maximum Gasteiger partial charge on any atom is 0.257 e. The van der Waals surface area contributed by atoms with Crippen molar-refractivity contribution in [3.05, 3.63) is 52.0 Å².